The Bertz CT molecular complexity index is 1740. The van der Waals surface area contributed by atoms with E-state index in [1.165, 1.54) is 29.8 Å². The van der Waals surface area contributed by atoms with Crippen molar-refractivity contribution in [1.29, 1.82) is 0 Å². The number of carbonyl (C=O) groups excluding carboxylic acids is 2. The first kappa shape index (κ1) is 29.8. The molecule has 3 N–H and O–H groups in total. The summed E-state index contributed by atoms with van der Waals surface area (Å²) in [7, 11) is 3.83. The SMILES string of the molecule is Cc1ccc(NC(=O)c2ccc(N3CC[C@H](N(C)C)C3)c(C(F)(F)F)c2)cc1NC(=O)c1csc2c(NC3CC3)ncnc12. The van der Waals surface area contributed by atoms with Crippen LogP contribution in [0.25, 0.3) is 10.2 Å². The van der Waals surface area contributed by atoms with Crippen molar-refractivity contribution in [2.75, 3.05) is 48.0 Å². The van der Waals surface area contributed by atoms with Crippen molar-refractivity contribution in [3.05, 3.63) is 70.4 Å². The van der Waals surface area contributed by atoms with Crippen LogP contribution >= 0.6 is 11.3 Å². The molecule has 9 nitrogen and oxygen atoms in total. The van der Waals surface area contributed by atoms with Crippen LogP contribution in [0.15, 0.2) is 48.1 Å². The van der Waals surface area contributed by atoms with E-state index in [-0.39, 0.29) is 23.2 Å². The van der Waals surface area contributed by atoms with Gasteiger partial charge in [0.1, 0.15) is 12.1 Å². The Morgan fingerprint density at radius 3 is 2.52 bits per heavy atom. The standard InChI is InChI=1S/C31H32F3N7O2S/c1-17-4-6-20(13-24(17)39-30(43)22-15-44-27-26(22)35-16-36-28(27)37-19-7-8-19)38-29(42)18-5-9-25(23(12-18)31(32,33)34)41-11-10-21(14-41)40(2)3/h4-6,9,12-13,15-16,19,21H,7-8,10-11,14H2,1-3H3,(H,38,42)(H,39,43)(H,35,36,37)/t21-/m0/s1. The molecule has 2 aliphatic rings. The Morgan fingerprint density at radius 1 is 1.02 bits per heavy atom. The Labute approximate surface area is 256 Å². The lowest BCUT2D eigenvalue weighted by molar-refractivity contribution is -0.137. The monoisotopic (exact) mass is 623 g/mol. The van der Waals surface area contributed by atoms with Gasteiger partial charge in [-0.25, -0.2) is 9.97 Å². The van der Waals surface area contributed by atoms with Crippen molar-refractivity contribution in [2.24, 2.45) is 0 Å². The van der Waals surface area contributed by atoms with Gasteiger partial charge in [0, 0.05) is 53.2 Å². The molecule has 2 aromatic heterocycles. The molecule has 1 saturated carbocycles. The quantitative estimate of drug-likeness (QED) is 0.214. The average molecular weight is 624 g/mol. The fourth-order valence-electron chi connectivity index (χ4n) is 5.33. The Balaban J connectivity index is 1.19. The summed E-state index contributed by atoms with van der Waals surface area (Å²) in [6.45, 7) is 2.79. The first-order chi connectivity index (χ1) is 21.0. The van der Waals surface area contributed by atoms with E-state index in [1.54, 1.807) is 35.4 Å². The van der Waals surface area contributed by atoms with Gasteiger partial charge in [0.2, 0.25) is 0 Å². The highest BCUT2D eigenvalue weighted by molar-refractivity contribution is 7.18. The molecule has 4 aromatic rings. The molecule has 3 heterocycles. The van der Waals surface area contributed by atoms with E-state index >= 15 is 0 Å². The summed E-state index contributed by atoms with van der Waals surface area (Å²) in [6.07, 6.45) is -0.273. The summed E-state index contributed by atoms with van der Waals surface area (Å²) in [4.78, 5) is 38.8. The van der Waals surface area contributed by atoms with E-state index < -0.39 is 17.6 Å². The van der Waals surface area contributed by atoms with Crippen LogP contribution in [0.4, 0.5) is 36.1 Å². The van der Waals surface area contributed by atoms with Gasteiger partial charge >= 0.3 is 6.18 Å². The third kappa shape index (κ3) is 6.20. The molecule has 2 aromatic carbocycles. The highest BCUT2D eigenvalue weighted by atomic mass is 32.1. The minimum atomic E-state index is -4.63. The number of anilines is 4. The zero-order chi connectivity index (χ0) is 31.2. The second-order valence-corrected chi connectivity index (χ2v) is 12.4. The minimum absolute atomic E-state index is 0.0698. The number of amides is 2. The number of benzene rings is 2. The molecule has 0 unspecified atom stereocenters. The number of rotatable bonds is 8. The molecular weight excluding hydrogens is 591 g/mol. The number of fused-ring (bicyclic) bond motifs is 1. The van der Waals surface area contributed by atoms with E-state index in [9.17, 15) is 22.8 Å². The van der Waals surface area contributed by atoms with Gasteiger partial charge in [-0.2, -0.15) is 13.2 Å². The highest BCUT2D eigenvalue weighted by Crippen LogP contribution is 2.39. The lowest BCUT2D eigenvalue weighted by atomic mass is 10.1. The first-order valence-electron chi connectivity index (χ1n) is 14.3. The molecule has 1 aliphatic carbocycles. The molecule has 1 atom stereocenters. The molecule has 2 fully saturated rings. The van der Waals surface area contributed by atoms with Gasteiger partial charge in [0.25, 0.3) is 11.8 Å². The molecule has 0 bridgehead atoms. The second-order valence-electron chi connectivity index (χ2n) is 11.5. The van der Waals surface area contributed by atoms with Gasteiger partial charge in [-0.05, 0) is 76.2 Å². The number of aryl methyl sites for hydroxylation is 1. The van der Waals surface area contributed by atoms with Crippen LogP contribution in [-0.4, -0.2) is 66.0 Å². The topological polar surface area (TPSA) is 102 Å². The van der Waals surface area contributed by atoms with Gasteiger partial charge in [0.15, 0.2) is 0 Å². The zero-order valence-electron chi connectivity index (χ0n) is 24.5. The molecule has 230 valence electrons. The van der Waals surface area contributed by atoms with Crippen molar-refractivity contribution >= 4 is 56.2 Å². The zero-order valence-corrected chi connectivity index (χ0v) is 25.3. The number of hydrogen-bond donors (Lipinski definition) is 3. The van der Waals surface area contributed by atoms with Crippen LogP contribution in [0.1, 0.15) is 51.1 Å². The molecule has 6 rings (SSSR count). The fourth-order valence-corrected chi connectivity index (χ4v) is 6.28. The maximum atomic E-state index is 14.1. The van der Waals surface area contributed by atoms with E-state index in [0.717, 1.165) is 35.6 Å². The van der Waals surface area contributed by atoms with E-state index in [0.29, 0.717) is 47.4 Å². The molecule has 1 aliphatic heterocycles. The fraction of sp³-hybridized carbons (Fsp3) is 0.355. The van der Waals surface area contributed by atoms with Crippen LogP contribution in [0, 0.1) is 6.92 Å². The third-order valence-electron chi connectivity index (χ3n) is 8.06. The maximum Gasteiger partial charge on any atom is 0.418 e. The normalized spacial score (nSPS) is 16.9. The Kier molecular flexibility index (Phi) is 7.93. The number of nitrogens with zero attached hydrogens (tertiary/aromatic N) is 4. The smallest absolute Gasteiger partial charge is 0.369 e. The summed E-state index contributed by atoms with van der Waals surface area (Å²) >= 11 is 1.39. The van der Waals surface area contributed by atoms with Crippen LogP contribution in [-0.2, 0) is 6.18 Å². The lowest BCUT2D eigenvalue weighted by Gasteiger charge is -2.25. The number of halogens is 3. The number of thiophene rings is 1. The Morgan fingerprint density at radius 2 is 1.82 bits per heavy atom. The molecule has 1 saturated heterocycles. The van der Waals surface area contributed by atoms with Crippen LogP contribution in [0.5, 0.6) is 0 Å². The van der Waals surface area contributed by atoms with E-state index in [2.05, 4.69) is 25.9 Å². The maximum absolute atomic E-state index is 14.1. The van der Waals surface area contributed by atoms with Gasteiger partial charge < -0.3 is 25.8 Å². The van der Waals surface area contributed by atoms with Crippen LogP contribution < -0.4 is 20.9 Å². The predicted molar refractivity (Wildman–Crippen MR) is 167 cm³/mol. The Hall–Kier alpha value is -4.23. The van der Waals surface area contributed by atoms with Crippen molar-refractivity contribution in [2.45, 2.75) is 44.4 Å². The highest BCUT2D eigenvalue weighted by Gasteiger charge is 2.37. The van der Waals surface area contributed by atoms with Gasteiger partial charge in [0.05, 0.1) is 21.3 Å². The summed E-state index contributed by atoms with van der Waals surface area (Å²) in [5.41, 5.74) is 1.58. The average Bonchev–Trinajstić information content (AvgIpc) is 3.47. The van der Waals surface area contributed by atoms with Crippen molar-refractivity contribution in [3.63, 3.8) is 0 Å². The summed E-state index contributed by atoms with van der Waals surface area (Å²) in [6, 6.07) is 9.18. The second kappa shape index (κ2) is 11.7. The van der Waals surface area contributed by atoms with E-state index in [4.69, 9.17) is 0 Å². The van der Waals surface area contributed by atoms with Crippen LogP contribution in [0.3, 0.4) is 0 Å². The minimum Gasteiger partial charge on any atom is -0.369 e. The molecule has 0 radical (unpaired) electrons. The number of aromatic nitrogens is 2. The van der Waals surface area contributed by atoms with Gasteiger partial charge in [-0.15, -0.1) is 11.3 Å². The molecule has 44 heavy (non-hydrogen) atoms. The summed E-state index contributed by atoms with van der Waals surface area (Å²) < 4.78 is 43.2. The molecule has 13 heteroatoms. The molecule has 2 amide bonds. The van der Waals surface area contributed by atoms with E-state index in [1.807, 2.05) is 19.0 Å². The summed E-state index contributed by atoms with van der Waals surface area (Å²) in [5.74, 6) is -0.350. The predicted octanol–water partition coefficient (Wildman–Crippen LogP) is 6.24. The van der Waals surface area contributed by atoms with Crippen molar-refractivity contribution in [1.82, 2.24) is 14.9 Å². The number of nitrogens with one attached hydrogen (secondary N) is 3. The van der Waals surface area contributed by atoms with Crippen molar-refractivity contribution in [3.8, 4) is 0 Å². The number of alkyl halides is 3. The summed E-state index contributed by atoms with van der Waals surface area (Å²) in [5, 5.41) is 10.7. The third-order valence-corrected chi connectivity index (χ3v) is 9.03. The lowest BCUT2D eigenvalue weighted by Crippen LogP contribution is -2.32. The van der Waals surface area contributed by atoms with Crippen molar-refractivity contribution < 1.29 is 22.8 Å². The number of hydrogen-bond acceptors (Lipinski definition) is 8. The largest absolute Gasteiger partial charge is 0.418 e. The van der Waals surface area contributed by atoms with Crippen LogP contribution in [0.2, 0.25) is 0 Å². The first-order valence-corrected chi connectivity index (χ1v) is 15.2. The molecular formula is C31H32F3N7O2S. The van der Waals surface area contributed by atoms with Gasteiger partial charge in [-0.1, -0.05) is 6.07 Å². The number of carbonyl (C=O) groups is 2. The molecule has 0 spiro atoms. The number of likely N-dealkylation sites (N-methyl/N-ethyl adjacent to an activating group) is 1. The van der Waals surface area contributed by atoms with Gasteiger partial charge in [-0.3, -0.25) is 9.59 Å².